The molecular weight excluding hydrogens is 224 g/mol. The average molecular weight is 252 g/mol. The molecule has 2 aliphatic heterocycles. The minimum atomic E-state index is 0.404. The molecule has 0 aliphatic carbocycles. The Labute approximate surface area is 111 Å². The smallest absolute Gasteiger partial charge is 0.222 e. The Kier molecular flexibility index (Phi) is 5.48. The van der Waals surface area contributed by atoms with Gasteiger partial charge in [0.05, 0.1) is 0 Å². The molecule has 2 aliphatic rings. The second-order valence-electron chi connectivity index (χ2n) is 5.81. The molecule has 2 fully saturated rings. The number of unbranched alkanes of at least 4 members (excludes halogenated alkanes) is 2. The molecule has 0 bridgehead atoms. The molecule has 2 unspecified atom stereocenters. The van der Waals surface area contributed by atoms with Crippen molar-refractivity contribution in [2.45, 2.75) is 76.8 Å². The summed E-state index contributed by atoms with van der Waals surface area (Å²) in [5, 5.41) is 3.58. The predicted octanol–water partition coefficient (Wildman–Crippen LogP) is 2.70. The Morgan fingerprint density at radius 3 is 2.83 bits per heavy atom. The Morgan fingerprint density at radius 1 is 1.22 bits per heavy atom. The number of carbonyl (C=O) groups excluding carboxylic acids is 1. The average Bonchev–Trinajstić information content (AvgIpc) is 2.93. The van der Waals surface area contributed by atoms with Crippen LogP contribution in [0, 0.1) is 0 Å². The lowest BCUT2D eigenvalue weighted by Gasteiger charge is -2.39. The molecule has 18 heavy (non-hydrogen) atoms. The summed E-state index contributed by atoms with van der Waals surface area (Å²) < 4.78 is 0. The van der Waals surface area contributed by atoms with Crippen molar-refractivity contribution in [3.8, 4) is 0 Å². The first-order valence-corrected chi connectivity index (χ1v) is 7.85. The van der Waals surface area contributed by atoms with Gasteiger partial charge in [-0.1, -0.05) is 19.8 Å². The number of nitrogens with one attached hydrogen (secondary N) is 1. The number of nitrogens with zero attached hydrogens (tertiary/aromatic N) is 1. The molecule has 3 nitrogen and oxygen atoms in total. The predicted molar refractivity (Wildman–Crippen MR) is 74.5 cm³/mol. The van der Waals surface area contributed by atoms with Gasteiger partial charge in [-0.25, -0.2) is 0 Å². The van der Waals surface area contributed by atoms with Crippen molar-refractivity contribution in [2.75, 3.05) is 13.1 Å². The quantitative estimate of drug-likeness (QED) is 0.763. The van der Waals surface area contributed by atoms with Gasteiger partial charge in [0.2, 0.25) is 5.91 Å². The van der Waals surface area contributed by atoms with Crippen LogP contribution >= 0.6 is 0 Å². The standard InChI is InChI=1S/C15H28N2O/c1-2-3-4-10-15(18)17-12-6-5-9-14(17)13-8-7-11-16-13/h13-14,16H,2-12H2,1H3. The molecule has 1 amide bonds. The van der Waals surface area contributed by atoms with Crippen LogP contribution in [0.1, 0.15) is 64.7 Å². The van der Waals surface area contributed by atoms with Crippen molar-refractivity contribution < 1.29 is 4.79 Å². The fourth-order valence-corrected chi connectivity index (χ4v) is 3.40. The summed E-state index contributed by atoms with van der Waals surface area (Å²) in [7, 11) is 0. The highest BCUT2D eigenvalue weighted by atomic mass is 16.2. The summed E-state index contributed by atoms with van der Waals surface area (Å²) in [5.41, 5.74) is 0. The molecular formula is C15H28N2O. The number of amides is 1. The highest BCUT2D eigenvalue weighted by molar-refractivity contribution is 5.76. The van der Waals surface area contributed by atoms with Gasteiger partial charge in [-0.2, -0.15) is 0 Å². The summed E-state index contributed by atoms with van der Waals surface area (Å²) in [4.78, 5) is 14.5. The number of rotatable bonds is 5. The van der Waals surface area contributed by atoms with Gasteiger partial charge in [0.25, 0.3) is 0 Å². The van der Waals surface area contributed by atoms with Crippen molar-refractivity contribution in [3.05, 3.63) is 0 Å². The molecule has 0 radical (unpaired) electrons. The zero-order valence-corrected chi connectivity index (χ0v) is 11.8. The molecule has 1 N–H and O–H groups in total. The second kappa shape index (κ2) is 7.13. The van der Waals surface area contributed by atoms with Crippen LogP contribution in [0.3, 0.4) is 0 Å². The maximum Gasteiger partial charge on any atom is 0.222 e. The Morgan fingerprint density at radius 2 is 2.11 bits per heavy atom. The van der Waals surface area contributed by atoms with Gasteiger partial charge in [0.1, 0.15) is 0 Å². The normalized spacial score (nSPS) is 28.6. The van der Waals surface area contributed by atoms with Crippen LogP contribution in [0.25, 0.3) is 0 Å². The van der Waals surface area contributed by atoms with Gasteiger partial charge < -0.3 is 10.2 Å². The van der Waals surface area contributed by atoms with Crippen molar-refractivity contribution in [3.63, 3.8) is 0 Å². The zero-order valence-electron chi connectivity index (χ0n) is 11.8. The third kappa shape index (κ3) is 3.47. The second-order valence-corrected chi connectivity index (χ2v) is 5.81. The Bertz CT molecular complexity index is 261. The topological polar surface area (TPSA) is 32.3 Å². The van der Waals surface area contributed by atoms with E-state index in [4.69, 9.17) is 0 Å². The van der Waals surface area contributed by atoms with Crippen LogP contribution < -0.4 is 5.32 Å². The molecule has 2 heterocycles. The number of hydrogen-bond acceptors (Lipinski definition) is 2. The van der Waals surface area contributed by atoms with E-state index in [0.717, 1.165) is 25.9 Å². The van der Waals surface area contributed by atoms with Crippen LogP contribution in [0.2, 0.25) is 0 Å². The van der Waals surface area contributed by atoms with Crippen molar-refractivity contribution in [1.82, 2.24) is 10.2 Å². The van der Waals surface area contributed by atoms with Crippen molar-refractivity contribution >= 4 is 5.91 Å². The van der Waals surface area contributed by atoms with E-state index in [9.17, 15) is 4.79 Å². The monoisotopic (exact) mass is 252 g/mol. The lowest BCUT2D eigenvalue weighted by atomic mass is 9.94. The first kappa shape index (κ1) is 13.9. The van der Waals surface area contributed by atoms with Crippen LogP contribution in [-0.4, -0.2) is 36.0 Å². The molecule has 0 saturated carbocycles. The first-order chi connectivity index (χ1) is 8.83. The summed E-state index contributed by atoms with van der Waals surface area (Å²) in [6.45, 7) is 4.32. The van der Waals surface area contributed by atoms with Gasteiger partial charge >= 0.3 is 0 Å². The highest BCUT2D eigenvalue weighted by Crippen LogP contribution is 2.25. The van der Waals surface area contributed by atoms with E-state index in [1.54, 1.807) is 0 Å². The summed E-state index contributed by atoms with van der Waals surface area (Å²) >= 11 is 0. The minimum Gasteiger partial charge on any atom is -0.338 e. The lowest BCUT2D eigenvalue weighted by molar-refractivity contribution is -0.135. The maximum absolute atomic E-state index is 12.3. The molecule has 0 spiro atoms. The van der Waals surface area contributed by atoms with Crippen LogP contribution in [-0.2, 0) is 4.79 Å². The largest absolute Gasteiger partial charge is 0.338 e. The van der Waals surface area contributed by atoms with E-state index >= 15 is 0 Å². The molecule has 104 valence electrons. The Hall–Kier alpha value is -0.570. The third-order valence-electron chi connectivity index (χ3n) is 4.43. The molecule has 0 aromatic rings. The first-order valence-electron chi connectivity index (χ1n) is 7.85. The molecule has 2 saturated heterocycles. The van der Waals surface area contributed by atoms with Gasteiger partial charge in [-0.05, 0) is 45.1 Å². The molecule has 3 heteroatoms. The van der Waals surface area contributed by atoms with Crippen molar-refractivity contribution in [1.29, 1.82) is 0 Å². The fraction of sp³-hybridized carbons (Fsp3) is 0.933. The highest BCUT2D eigenvalue weighted by Gasteiger charge is 2.33. The number of likely N-dealkylation sites (tertiary alicyclic amines) is 1. The van der Waals surface area contributed by atoms with E-state index < -0.39 is 0 Å². The van der Waals surface area contributed by atoms with E-state index in [0.29, 0.717) is 18.0 Å². The summed E-state index contributed by atoms with van der Waals surface area (Å²) in [6, 6.07) is 1.05. The third-order valence-corrected chi connectivity index (χ3v) is 4.43. The van der Waals surface area contributed by atoms with Crippen LogP contribution in [0.15, 0.2) is 0 Å². The van der Waals surface area contributed by atoms with E-state index in [1.165, 1.54) is 44.9 Å². The number of piperidine rings is 1. The zero-order chi connectivity index (χ0) is 12.8. The summed E-state index contributed by atoms with van der Waals surface area (Å²) in [5.74, 6) is 0.404. The fourth-order valence-electron chi connectivity index (χ4n) is 3.40. The lowest BCUT2D eigenvalue weighted by Crippen LogP contribution is -2.52. The van der Waals surface area contributed by atoms with Gasteiger partial charge in [-0.15, -0.1) is 0 Å². The van der Waals surface area contributed by atoms with Gasteiger partial charge in [0.15, 0.2) is 0 Å². The molecule has 2 rings (SSSR count). The number of hydrogen-bond donors (Lipinski definition) is 1. The van der Waals surface area contributed by atoms with Crippen LogP contribution in [0.4, 0.5) is 0 Å². The maximum atomic E-state index is 12.3. The van der Waals surface area contributed by atoms with E-state index in [-0.39, 0.29) is 0 Å². The van der Waals surface area contributed by atoms with Crippen molar-refractivity contribution in [2.24, 2.45) is 0 Å². The van der Waals surface area contributed by atoms with Gasteiger partial charge in [0, 0.05) is 25.0 Å². The van der Waals surface area contributed by atoms with E-state index in [1.807, 2.05) is 0 Å². The molecule has 2 atom stereocenters. The molecule has 0 aromatic carbocycles. The summed E-state index contributed by atoms with van der Waals surface area (Å²) in [6.07, 6.45) is 10.4. The Balaban J connectivity index is 1.87. The number of carbonyl (C=O) groups is 1. The van der Waals surface area contributed by atoms with Gasteiger partial charge in [-0.3, -0.25) is 4.79 Å². The minimum absolute atomic E-state index is 0.404. The van der Waals surface area contributed by atoms with Crippen LogP contribution in [0.5, 0.6) is 0 Å². The van der Waals surface area contributed by atoms with E-state index in [2.05, 4.69) is 17.1 Å². The molecule has 0 aromatic heterocycles. The SMILES string of the molecule is CCCCCC(=O)N1CCCCC1C1CCCN1.